The van der Waals surface area contributed by atoms with Crippen molar-refractivity contribution in [3.63, 3.8) is 0 Å². The maximum absolute atomic E-state index is 11.8. The van der Waals surface area contributed by atoms with Gasteiger partial charge in [0.05, 0.1) is 0 Å². The van der Waals surface area contributed by atoms with Crippen LogP contribution in [0.15, 0.2) is 23.8 Å². The second kappa shape index (κ2) is 5.57. The number of thiazole rings is 1. The van der Waals surface area contributed by atoms with Crippen LogP contribution in [-0.4, -0.2) is 27.0 Å². The van der Waals surface area contributed by atoms with Crippen molar-refractivity contribution in [2.45, 2.75) is 13.5 Å². The first kappa shape index (κ1) is 13.2. The predicted molar refractivity (Wildman–Crippen MR) is 69.2 cm³/mol. The molecule has 0 saturated carbocycles. The number of hydrogen-bond acceptors (Lipinski definition) is 5. The van der Waals surface area contributed by atoms with Gasteiger partial charge in [0.15, 0.2) is 10.7 Å². The lowest BCUT2D eigenvalue weighted by Crippen LogP contribution is -2.23. The van der Waals surface area contributed by atoms with Crippen LogP contribution in [0.2, 0.25) is 0 Å². The van der Waals surface area contributed by atoms with E-state index >= 15 is 0 Å². The molecular weight excluding hydrogens is 266 g/mol. The monoisotopic (exact) mass is 277 g/mol. The molecule has 2 heterocycles. The number of pyridine rings is 1. The Bertz CT molecular complexity index is 624. The van der Waals surface area contributed by atoms with Crippen molar-refractivity contribution >= 4 is 23.2 Å². The van der Waals surface area contributed by atoms with Crippen LogP contribution >= 0.6 is 11.3 Å². The number of carboxylic acids is 1. The molecule has 7 heteroatoms. The molecule has 6 nitrogen and oxygen atoms in total. The molecule has 0 saturated heterocycles. The molecule has 0 fully saturated rings. The van der Waals surface area contributed by atoms with E-state index in [1.54, 1.807) is 12.4 Å². The molecular formula is C12H11N3O3S. The Morgan fingerprint density at radius 1 is 1.47 bits per heavy atom. The van der Waals surface area contributed by atoms with Crippen molar-refractivity contribution in [1.82, 2.24) is 15.3 Å². The van der Waals surface area contributed by atoms with Crippen molar-refractivity contribution < 1.29 is 14.7 Å². The lowest BCUT2D eigenvalue weighted by Gasteiger charge is -2.05. The molecule has 2 aromatic heterocycles. The Hall–Kier alpha value is -2.28. The molecule has 2 N–H and O–H groups in total. The Labute approximate surface area is 113 Å². The number of carbonyl (C=O) groups is 2. The first-order valence-corrected chi connectivity index (χ1v) is 6.32. The summed E-state index contributed by atoms with van der Waals surface area (Å²) >= 11 is 1.01. The van der Waals surface area contributed by atoms with E-state index in [1.165, 1.54) is 5.38 Å². The molecule has 0 aromatic carbocycles. The highest BCUT2D eigenvalue weighted by Crippen LogP contribution is 2.10. The van der Waals surface area contributed by atoms with E-state index in [9.17, 15) is 9.59 Å². The fourth-order valence-electron chi connectivity index (χ4n) is 1.41. The summed E-state index contributed by atoms with van der Waals surface area (Å²) < 4.78 is 0. The topological polar surface area (TPSA) is 92.2 Å². The van der Waals surface area contributed by atoms with Crippen LogP contribution in [0, 0.1) is 6.92 Å². The fraction of sp³-hybridized carbons (Fsp3) is 0.167. The number of carbonyl (C=O) groups excluding carboxylic acids is 1. The molecule has 1 amide bonds. The lowest BCUT2D eigenvalue weighted by atomic mass is 10.1. The number of amides is 1. The van der Waals surface area contributed by atoms with Gasteiger partial charge in [0, 0.05) is 24.3 Å². The zero-order chi connectivity index (χ0) is 13.8. The third-order valence-electron chi connectivity index (χ3n) is 2.50. The number of aryl methyl sites for hydroxylation is 1. The van der Waals surface area contributed by atoms with E-state index in [-0.39, 0.29) is 16.6 Å². The van der Waals surface area contributed by atoms with Gasteiger partial charge in [-0.25, -0.2) is 9.78 Å². The second-order valence-corrected chi connectivity index (χ2v) is 4.69. The standard InChI is InChI=1S/C12H11N3O3S/c1-7-2-3-13-4-8(7)5-14-10(16)11-15-9(6-19-11)12(17)18/h2-4,6H,5H2,1H3,(H,14,16)(H,17,18). The third kappa shape index (κ3) is 3.14. The minimum absolute atomic E-state index is 0.118. The minimum atomic E-state index is -1.14. The summed E-state index contributed by atoms with van der Waals surface area (Å²) in [4.78, 5) is 30.2. The Morgan fingerprint density at radius 3 is 2.89 bits per heavy atom. The van der Waals surface area contributed by atoms with E-state index in [2.05, 4.69) is 15.3 Å². The maximum atomic E-state index is 11.8. The summed E-state index contributed by atoms with van der Waals surface area (Å²) in [7, 11) is 0. The van der Waals surface area contributed by atoms with Crippen molar-refractivity contribution in [1.29, 1.82) is 0 Å². The van der Waals surface area contributed by atoms with E-state index in [1.807, 2.05) is 13.0 Å². The van der Waals surface area contributed by atoms with Crippen LogP contribution in [0.25, 0.3) is 0 Å². The summed E-state index contributed by atoms with van der Waals surface area (Å²) in [5.74, 6) is -1.53. The van der Waals surface area contributed by atoms with Crippen molar-refractivity contribution in [3.05, 3.63) is 45.7 Å². The average molecular weight is 277 g/mol. The van der Waals surface area contributed by atoms with Crippen LogP contribution in [-0.2, 0) is 6.54 Å². The molecule has 0 radical (unpaired) electrons. The number of hydrogen-bond donors (Lipinski definition) is 2. The summed E-state index contributed by atoms with van der Waals surface area (Å²) in [6.07, 6.45) is 3.36. The van der Waals surface area contributed by atoms with Gasteiger partial charge in [-0.1, -0.05) is 0 Å². The first-order valence-electron chi connectivity index (χ1n) is 5.44. The molecule has 2 aromatic rings. The summed E-state index contributed by atoms with van der Waals surface area (Å²) in [6, 6.07) is 1.85. The quantitative estimate of drug-likeness (QED) is 0.883. The largest absolute Gasteiger partial charge is 0.476 e. The highest BCUT2D eigenvalue weighted by atomic mass is 32.1. The van der Waals surface area contributed by atoms with Gasteiger partial charge in [-0.2, -0.15) is 0 Å². The van der Waals surface area contributed by atoms with Crippen molar-refractivity contribution in [2.24, 2.45) is 0 Å². The number of nitrogens with one attached hydrogen (secondary N) is 1. The summed E-state index contributed by atoms with van der Waals surface area (Å²) in [5, 5.41) is 12.9. The number of aromatic nitrogens is 2. The van der Waals surface area contributed by atoms with E-state index in [0.29, 0.717) is 6.54 Å². The SMILES string of the molecule is Cc1ccncc1CNC(=O)c1nc(C(=O)O)cs1. The molecule has 0 atom stereocenters. The molecule has 0 unspecified atom stereocenters. The van der Waals surface area contributed by atoms with Gasteiger partial charge in [0.2, 0.25) is 0 Å². The molecule has 0 bridgehead atoms. The fourth-order valence-corrected chi connectivity index (χ4v) is 2.12. The molecule has 2 rings (SSSR count). The van der Waals surface area contributed by atoms with Gasteiger partial charge < -0.3 is 10.4 Å². The van der Waals surface area contributed by atoms with E-state index in [0.717, 1.165) is 22.5 Å². The molecule has 0 spiro atoms. The van der Waals surface area contributed by atoms with E-state index in [4.69, 9.17) is 5.11 Å². The molecule has 19 heavy (non-hydrogen) atoms. The zero-order valence-electron chi connectivity index (χ0n) is 10.1. The minimum Gasteiger partial charge on any atom is -0.476 e. The van der Waals surface area contributed by atoms with Crippen LogP contribution < -0.4 is 5.32 Å². The van der Waals surface area contributed by atoms with Crippen molar-refractivity contribution in [2.75, 3.05) is 0 Å². The molecule has 0 aliphatic rings. The van der Waals surface area contributed by atoms with Gasteiger partial charge in [0.1, 0.15) is 0 Å². The van der Waals surface area contributed by atoms with Crippen molar-refractivity contribution in [3.8, 4) is 0 Å². The lowest BCUT2D eigenvalue weighted by molar-refractivity contribution is 0.0691. The predicted octanol–water partition coefficient (Wildman–Crippen LogP) is 1.47. The van der Waals surface area contributed by atoms with Crippen LogP contribution in [0.3, 0.4) is 0 Å². The number of nitrogens with zero attached hydrogens (tertiary/aromatic N) is 2. The van der Waals surface area contributed by atoms with Crippen LogP contribution in [0.4, 0.5) is 0 Å². The Kier molecular flexibility index (Phi) is 3.86. The number of carboxylic acid groups (broad SMARTS) is 1. The van der Waals surface area contributed by atoms with Gasteiger partial charge >= 0.3 is 5.97 Å². The Morgan fingerprint density at radius 2 is 2.26 bits per heavy atom. The zero-order valence-corrected chi connectivity index (χ0v) is 10.9. The molecule has 0 aliphatic heterocycles. The number of rotatable bonds is 4. The molecule has 0 aliphatic carbocycles. The summed E-state index contributed by atoms with van der Waals surface area (Å²) in [6.45, 7) is 2.26. The van der Waals surface area contributed by atoms with Gasteiger partial charge in [-0.15, -0.1) is 11.3 Å². The second-order valence-electron chi connectivity index (χ2n) is 3.83. The normalized spacial score (nSPS) is 10.2. The first-order chi connectivity index (χ1) is 9.08. The van der Waals surface area contributed by atoms with Gasteiger partial charge in [0.25, 0.3) is 5.91 Å². The van der Waals surface area contributed by atoms with Crippen LogP contribution in [0.1, 0.15) is 31.4 Å². The summed E-state index contributed by atoms with van der Waals surface area (Å²) in [5.41, 5.74) is 1.82. The van der Waals surface area contributed by atoms with Crippen LogP contribution in [0.5, 0.6) is 0 Å². The highest BCUT2D eigenvalue weighted by Gasteiger charge is 2.14. The number of aromatic carboxylic acids is 1. The highest BCUT2D eigenvalue weighted by molar-refractivity contribution is 7.11. The average Bonchev–Trinajstić information content (AvgIpc) is 2.87. The van der Waals surface area contributed by atoms with Gasteiger partial charge in [-0.3, -0.25) is 9.78 Å². The van der Waals surface area contributed by atoms with Gasteiger partial charge in [-0.05, 0) is 24.1 Å². The third-order valence-corrected chi connectivity index (χ3v) is 3.35. The smallest absolute Gasteiger partial charge is 0.355 e. The Balaban J connectivity index is 2.01. The maximum Gasteiger partial charge on any atom is 0.355 e. The molecule has 98 valence electrons. The van der Waals surface area contributed by atoms with E-state index < -0.39 is 5.97 Å².